The highest BCUT2D eigenvalue weighted by molar-refractivity contribution is 5.93. The van der Waals surface area contributed by atoms with Gasteiger partial charge in [-0.1, -0.05) is 17.7 Å². The first kappa shape index (κ1) is 7.26. The first-order valence-corrected chi connectivity index (χ1v) is 3.57. The third-order valence-corrected chi connectivity index (χ3v) is 1.70. The Morgan fingerprint density at radius 3 is 2.50 bits per heavy atom. The van der Waals surface area contributed by atoms with Gasteiger partial charge in [0.1, 0.15) is 14.1 Å². The molecule has 0 N–H and O–H groups in total. The van der Waals surface area contributed by atoms with Crippen molar-refractivity contribution in [3.05, 3.63) is 23.8 Å². The van der Waals surface area contributed by atoms with Gasteiger partial charge < -0.3 is 0 Å². The summed E-state index contributed by atoms with van der Waals surface area (Å²) in [6.45, 7) is 2.16. The van der Waals surface area contributed by atoms with Gasteiger partial charge in [0.25, 0.3) is 0 Å². The summed E-state index contributed by atoms with van der Waals surface area (Å²) in [6.07, 6.45) is 7.53. The number of nitrogens with zero attached hydrogens (tertiary/aromatic N) is 1. The van der Waals surface area contributed by atoms with Gasteiger partial charge in [-0.05, 0) is 6.92 Å². The molecular formula is C9H14N+. The molecule has 0 radical (unpaired) electrons. The fraction of sp³-hybridized carbons (Fsp3) is 0.444. The summed E-state index contributed by atoms with van der Waals surface area (Å²) in [4.78, 5) is 0. The molecule has 0 heterocycles. The molecule has 0 aliphatic heterocycles. The van der Waals surface area contributed by atoms with E-state index in [-0.39, 0.29) is 0 Å². The van der Waals surface area contributed by atoms with Crippen LogP contribution in [-0.2, 0) is 0 Å². The van der Waals surface area contributed by atoms with Crippen LogP contribution >= 0.6 is 0 Å². The number of rotatable bonds is 0. The normalized spacial score (nSPS) is 17.1. The predicted octanol–water partition coefficient (Wildman–Crippen LogP) is 1.61. The van der Waals surface area contributed by atoms with Crippen molar-refractivity contribution in [1.29, 1.82) is 0 Å². The van der Waals surface area contributed by atoms with E-state index in [1.54, 1.807) is 0 Å². The summed E-state index contributed by atoms with van der Waals surface area (Å²) in [5, 5.41) is 0. The molecule has 0 bridgehead atoms. The van der Waals surface area contributed by atoms with E-state index in [0.29, 0.717) is 0 Å². The second kappa shape index (κ2) is 2.82. The predicted molar refractivity (Wildman–Crippen MR) is 44.6 cm³/mol. The molecule has 0 saturated carbocycles. The highest BCUT2D eigenvalue weighted by atomic mass is 14.9. The molecule has 1 aliphatic rings. The molecule has 10 heavy (non-hydrogen) atoms. The molecule has 0 saturated heterocycles. The third-order valence-electron chi connectivity index (χ3n) is 1.70. The van der Waals surface area contributed by atoms with E-state index in [9.17, 15) is 0 Å². The van der Waals surface area contributed by atoms with Crippen LogP contribution in [0.5, 0.6) is 0 Å². The maximum Gasteiger partial charge on any atom is 0.179 e. The zero-order valence-electron chi connectivity index (χ0n) is 6.89. The fourth-order valence-electron chi connectivity index (χ4n) is 1.03. The molecule has 1 rings (SSSR count). The Balaban J connectivity index is 2.83. The Labute approximate surface area is 62.4 Å². The van der Waals surface area contributed by atoms with Gasteiger partial charge in [0, 0.05) is 6.08 Å². The van der Waals surface area contributed by atoms with Gasteiger partial charge in [-0.2, -0.15) is 0 Å². The van der Waals surface area contributed by atoms with Crippen LogP contribution in [0.2, 0.25) is 0 Å². The molecular weight excluding hydrogens is 122 g/mol. The number of allylic oxidation sites excluding steroid dienone is 4. The van der Waals surface area contributed by atoms with E-state index in [1.165, 1.54) is 11.3 Å². The minimum atomic E-state index is 1.10. The lowest BCUT2D eigenvalue weighted by molar-refractivity contribution is -0.464. The molecule has 0 fully saturated rings. The molecule has 54 valence electrons. The average molecular weight is 136 g/mol. The quantitative estimate of drug-likeness (QED) is 0.445. The summed E-state index contributed by atoms with van der Waals surface area (Å²) >= 11 is 0. The Kier molecular flexibility index (Phi) is 2.05. The van der Waals surface area contributed by atoms with E-state index in [4.69, 9.17) is 0 Å². The van der Waals surface area contributed by atoms with Crippen molar-refractivity contribution in [2.45, 2.75) is 13.3 Å². The number of hydrogen-bond donors (Lipinski definition) is 0. The smallest absolute Gasteiger partial charge is 0.179 e. The maximum absolute atomic E-state index is 2.16. The van der Waals surface area contributed by atoms with Gasteiger partial charge in [-0.25, -0.2) is 4.58 Å². The molecule has 0 aromatic carbocycles. The summed E-state index contributed by atoms with van der Waals surface area (Å²) in [5.74, 6) is 0. The lowest BCUT2D eigenvalue weighted by Gasteiger charge is -2.03. The van der Waals surface area contributed by atoms with Crippen LogP contribution in [0.3, 0.4) is 0 Å². The Hall–Kier alpha value is -0.850. The Bertz CT molecular complexity index is 215. The van der Waals surface area contributed by atoms with Crippen LogP contribution in [0.25, 0.3) is 0 Å². The van der Waals surface area contributed by atoms with Crippen molar-refractivity contribution in [2.24, 2.45) is 0 Å². The van der Waals surface area contributed by atoms with Crippen LogP contribution in [0.4, 0.5) is 0 Å². The Morgan fingerprint density at radius 2 is 2.10 bits per heavy atom. The monoisotopic (exact) mass is 136 g/mol. The van der Waals surface area contributed by atoms with Gasteiger partial charge in [0.15, 0.2) is 5.71 Å². The third kappa shape index (κ3) is 1.56. The second-order valence-corrected chi connectivity index (χ2v) is 2.93. The highest BCUT2D eigenvalue weighted by Crippen LogP contribution is 2.07. The van der Waals surface area contributed by atoms with Crippen molar-refractivity contribution in [3.63, 3.8) is 0 Å². The zero-order valence-corrected chi connectivity index (χ0v) is 6.89. The number of hydrogen-bond acceptors (Lipinski definition) is 0. The standard InChI is InChI=1S/C9H14N/c1-8-5-4-6-9(7-8)10(2)3/h4-6H,7H2,1-3H3/q+1. The summed E-state index contributed by atoms with van der Waals surface area (Å²) in [5.41, 5.74) is 2.83. The average Bonchev–Trinajstić information content (AvgIpc) is 1.88. The molecule has 0 unspecified atom stereocenters. The Morgan fingerprint density at radius 1 is 1.40 bits per heavy atom. The van der Waals surface area contributed by atoms with Gasteiger partial charge >= 0.3 is 0 Å². The minimum Gasteiger partial charge on any atom is -0.239 e. The molecule has 1 nitrogen and oxygen atoms in total. The molecule has 0 atom stereocenters. The van der Waals surface area contributed by atoms with Crippen LogP contribution in [0, 0.1) is 0 Å². The summed E-state index contributed by atoms with van der Waals surface area (Å²) in [7, 11) is 4.16. The van der Waals surface area contributed by atoms with E-state index < -0.39 is 0 Å². The summed E-state index contributed by atoms with van der Waals surface area (Å²) < 4.78 is 2.16. The van der Waals surface area contributed by atoms with Crippen LogP contribution in [-0.4, -0.2) is 24.4 Å². The first-order chi connectivity index (χ1) is 4.70. The van der Waals surface area contributed by atoms with Gasteiger partial charge in [0.05, 0.1) is 6.42 Å². The summed E-state index contributed by atoms with van der Waals surface area (Å²) in [6, 6.07) is 0. The molecule has 0 amide bonds. The minimum absolute atomic E-state index is 1.10. The van der Waals surface area contributed by atoms with Gasteiger partial charge in [0.2, 0.25) is 0 Å². The van der Waals surface area contributed by atoms with Crippen molar-refractivity contribution in [2.75, 3.05) is 14.1 Å². The van der Waals surface area contributed by atoms with Crippen molar-refractivity contribution in [3.8, 4) is 0 Å². The van der Waals surface area contributed by atoms with Crippen LogP contribution < -0.4 is 0 Å². The SMILES string of the molecule is CC1=CC=CC(=[N+](C)C)C1. The van der Waals surface area contributed by atoms with E-state index in [0.717, 1.165) is 6.42 Å². The fourth-order valence-corrected chi connectivity index (χ4v) is 1.03. The topological polar surface area (TPSA) is 3.01 Å². The lowest BCUT2D eigenvalue weighted by atomic mass is 10.1. The van der Waals surface area contributed by atoms with E-state index in [1.807, 2.05) is 0 Å². The van der Waals surface area contributed by atoms with Crippen molar-refractivity contribution in [1.82, 2.24) is 0 Å². The molecule has 0 spiro atoms. The second-order valence-electron chi connectivity index (χ2n) is 2.93. The zero-order chi connectivity index (χ0) is 7.56. The lowest BCUT2D eigenvalue weighted by Crippen LogP contribution is -2.12. The van der Waals surface area contributed by atoms with E-state index >= 15 is 0 Å². The molecule has 1 aliphatic carbocycles. The molecule has 0 aromatic heterocycles. The maximum atomic E-state index is 2.16. The van der Waals surface area contributed by atoms with Crippen LogP contribution in [0.15, 0.2) is 23.8 Å². The van der Waals surface area contributed by atoms with E-state index in [2.05, 4.69) is 43.8 Å². The van der Waals surface area contributed by atoms with Gasteiger partial charge in [-0.3, -0.25) is 0 Å². The first-order valence-electron chi connectivity index (χ1n) is 3.57. The van der Waals surface area contributed by atoms with Crippen molar-refractivity contribution >= 4 is 5.71 Å². The molecule has 1 heteroatoms. The largest absolute Gasteiger partial charge is 0.239 e. The van der Waals surface area contributed by atoms with Gasteiger partial charge in [-0.15, -0.1) is 0 Å². The highest BCUT2D eigenvalue weighted by Gasteiger charge is 2.06. The molecule has 0 aromatic rings. The van der Waals surface area contributed by atoms with Crippen LogP contribution in [0.1, 0.15) is 13.3 Å². The van der Waals surface area contributed by atoms with Crippen molar-refractivity contribution < 1.29 is 4.58 Å².